The highest BCUT2D eigenvalue weighted by atomic mass is 16.1. The molecule has 1 aromatic rings. The van der Waals surface area contributed by atoms with E-state index in [-0.39, 0.29) is 11.7 Å². The molecule has 4 nitrogen and oxygen atoms in total. The molecule has 1 saturated heterocycles. The number of carbonyl (C=O) groups is 2. The Morgan fingerprint density at radius 3 is 2.63 bits per heavy atom. The van der Waals surface area contributed by atoms with Crippen molar-refractivity contribution in [3.05, 3.63) is 35.4 Å². The Morgan fingerprint density at radius 2 is 2.05 bits per heavy atom. The number of aryl methyl sites for hydroxylation is 1. The van der Waals surface area contributed by atoms with Gasteiger partial charge in [-0.1, -0.05) is 24.3 Å². The zero-order valence-corrected chi connectivity index (χ0v) is 11.5. The van der Waals surface area contributed by atoms with Gasteiger partial charge in [-0.2, -0.15) is 0 Å². The van der Waals surface area contributed by atoms with E-state index in [0.717, 1.165) is 24.1 Å². The minimum Gasteiger partial charge on any atom is -0.369 e. The van der Waals surface area contributed by atoms with Gasteiger partial charge in [-0.25, -0.2) is 0 Å². The van der Waals surface area contributed by atoms with Crippen LogP contribution in [0.15, 0.2) is 24.3 Å². The highest BCUT2D eigenvalue weighted by Crippen LogP contribution is 2.29. The first-order chi connectivity index (χ1) is 8.92. The van der Waals surface area contributed by atoms with Crippen molar-refractivity contribution >= 4 is 11.7 Å². The van der Waals surface area contributed by atoms with Gasteiger partial charge in [0, 0.05) is 12.1 Å². The molecule has 2 N–H and O–H groups in total. The van der Waals surface area contributed by atoms with Gasteiger partial charge in [-0.3, -0.25) is 14.5 Å². The molecule has 1 atom stereocenters. The molecule has 0 spiro atoms. The maximum Gasteiger partial charge on any atom is 0.224 e. The van der Waals surface area contributed by atoms with Crippen molar-refractivity contribution in [2.45, 2.75) is 20.3 Å². The van der Waals surface area contributed by atoms with Gasteiger partial charge in [-0.05, 0) is 32.4 Å². The summed E-state index contributed by atoms with van der Waals surface area (Å²) in [5, 5.41) is 0. The van der Waals surface area contributed by atoms with E-state index in [0.29, 0.717) is 13.1 Å². The van der Waals surface area contributed by atoms with Crippen molar-refractivity contribution in [2.75, 3.05) is 19.6 Å². The van der Waals surface area contributed by atoms with Crippen molar-refractivity contribution in [1.82, 2.24) is 4.90 Å². The molecule has 0 saturated carbocycles. The molecule has 1 fully saturated rings. The summed E-state index contributed by atoms with van der Waals surface area (Å²) in [6, 6.07) is 7.58. The van der Waals surface area contributed by atoms with Crippen molar-refractivity contribution in [1.29, 1.82) is 0 Å². The molecule has 0 aromatic heterocycles. The number of benzene rings is 1. The van der Waals surface area contributed by atoms with Crippen molar-refractivity contribution in [3.63, 3.8) is 0 Å². The van der Waals surface area contributed by atoms with E-state index in [4.69, 9.17) is 5.73 Å². The number of nitrogens with two attached hydrogens (primary N) is 1. The quantitative estimate of drug-likeness (QED) is 0.832. The van der Waals surface area contributed by atoms with Crippen LogP contribution in [0.4, 0.5) is 0 Å². The van der Waals surface area contributed by atoms with E-state index >= 15 is 0 Å². The number of likely N-dealkylation sites (tertiary alicyclic amines) is 1. The molecule has 0 bridgehead atoms. The number of nitrogens with zero attached hydrogens (tertiary/aromatic N) is 1. The first-order valence-corrected chi connectivity index (χ1v) is 6.53. The van der Waals surface area contributed by atoms with E-state index in [2.05, 4.69) is 0 Å². The molecule has 2 rings (SSSR count). The predicted molar refractivity (Wildman–Crippen MR) is 73.9 cm³/mol. The summed E-state index contributed by atoms with van der Waals surface area (Å²) in [5.74, 6) is -0.176. The Kier molecular flexibility index (Phi) is 3.71. The summed E-state index contributed by atoms with van der Waals surface area (Å²) < 4.78 is 0. The van der Waals surface area contributed by atoms with E-state index in [1.807, 2.05) is 43.0 Å². The molecule has 0 aliphatic carbocycles. The van der Waals surface area contributed by atoms with Crippen LogP contribution in [0.1, 0.15) is 29.3 Å². The Balaban J connectivity index is 2.02. The molecule has 1 aliphatic heterocycles. The monoisotopic (exact) mass is 260 g/mol. The summed E-state index contributed by atoms with van der Waals surface area (Å²) in [5.41, 5.74) is 6.67. The summed E-state index contributed by atoms with van der Waals surface area (Å²) >= 11 is 0. The van der Waals surface area contributed by atoms with E-state index in [1.54, 1.807) is 0 Å². The Morgan fingerprint density at radius 1 is 1.37 bits per heavy atom. The first kappa shape index (κ1) is 13.7. The fourth-order valence-corrected chi connectivity index (χ4v) is 2.57. The number of hydrogen-bond donors (Lipinski definition) is 1. The number of hydrogen-bond acceptors (Lipinski definition) is 3. The van der Waals surface area contributed by atoms with E-state index < -0.39 is 5.41 Å². The largest absolute Gasteiger partial charge is 0.369 e. The lowest BCUT2D eigenvalue weighted by molar-refractivity contribution is -0.126. The number of rotatable bonds is 4. The molecule has 1 amide bonds. The molecule has 1 heterocycles. The molecule has 4 heteroatoms. The molecular formula is C15H20N2O2. The Bertz CT molecular complexity index is 513. The lowest BCUT2D eigenvalue weighted by Crippen LogP contribution is -2.38. The minimum atomic E-state index is -0.494. The summed E-state index contributed by atoms with van der Waals surface area (Å²) in [6.45, 7) is 5.48. The van der Waals surface area contributed by atoms with Gasteiger partial charge in [0.2, 0.25) is 5.91 Å². The summed E-state index contributed by atoms with van der Waals surface area (Å²) in [6.07, 6.45) is 0.726. The number of primary amides is 1. The zero-order chi connectivity index (χ0) is 14.0. The fourth-order valence-electron chi connectivity index (χ4n) is 2.57. The van der Waals surface area contributed by atoms with Crippen molar-refractivity contribution < 1.29 is 9.59 Å². The van der Waals surface area contributed by atoms with Gasteiger partial charge in [0.05, 0.1) is 12.0 Å². The van der Waals surface area contributed by atoms with Crippen molar-refractivity contribution in [3.8, 4) is 0 Å². The second kappa shape index (κ2) is 5.13. The molecule has 1 unspecified atom stereocenters. The topological polar surface area (TPSA) is 63.4 Å². The second-order valence-corrected chi connectivity index (χ2v) is 5.62. The molecule has 102 valence electrons. The zero-order valence-electron chi connectivity index (χ0n) is 11.5. The van der Waals surface area contributed by atoms with Crippen LogP contribution in [0, 0.1) is 12.3 Å². The number of ketones is 1. The van der Waals surface area contributed by atoms with Gasteiger partial charge >= 0.3 is 0 Å². The normalized spacial score (nSPS) is 23.5. The standard InChI is InChI=1S/C15H20N2O2/c1-11-5-3-4-6-12(11)13(18)9-17-8-7-15(2,10-17)14(16)19/h3-6H,7-10H2,1-2H3,(H2,16,19). The molecule has 19 heavy (non-hydrogen) atoms. The number of amides is 1. The molecule has 1 aliphatic rings. The molecule has 0 radical (unpaired) electrons. The Labute approximate surface area is 113 Å². The third kappa shape index (κ3) is 2.84. The average molecular weight is 260 g/mol. The third-order valence-electron chi connectivity index (χ3n) is 3.96. The van der Waals surface area contributed by atoms with Crippen LogP contribution in [0.3, 0.4) is 0 Å². The van der Waals surface area contributed by atoms with Gasteiger partial charge < -0.3 is 5.73 Å². The molecule has 1 aromatic carbocycles. The van der Waals surface area contributed by atoms with Crippen LogP contribution in [-0.2, 0) is 4.79 Å². The second-order valence-electron chi connectivity index (χ2n) is 5.62. The van der Waals surface area contributed by atoms with Crippen LogP contribution >= 0.6 is 0 Å². The maximum absolute atomic E-state index is 12.2. The first-order valence-electron chi connectivity index (χ1n) is 6.53. The van der Waals surface area contributed by atoms with E-state index in [9.17, 15) is 9.59 Å². The van der Waals surface area contributed by atoms with Crippen LogP contribution in [0.5, 0.6) is 0 Å². The van der Waals surface area contributed by atoms with Gasteiger partial charge in [0.25, 0.3) is 0 Å². The number of carbonyl (C=O) groups excluding carboxylic acids is 2. The van der Waals surface area contributed by atoms with Crippen LogP contribution in [-0.4, -0.2) is 36.2 Å². The lowest BCUT2D eigenvalue weighted by Gasteiger charge is -2.20. The summed E-state index contributed by atoms with van der Waals surface area (Å²) in [4.78, 5) is 25.6. The SMILES string of the molecule is Cc1ccccc1C(=O)CN1CCC(C)(C(N)=O)C1. The number of Topliss-reactive ketones (excluding diaryl/α,β-unsaturated/α-hetero) is 1. The lowest BCUT2D eigenvalue weighted by atomic mass is 9.89. The third-order valence-corrected chi connectivity index (χ3v) is 3.96. The minimum absolute atomic E-state index is 0.104. The fraction of sp³-hybridized carbons (Fsp3) is 0.467. The highest BCUT2D eigenvalue weighted by molar-refractivity contribution is 5.99. The predicted octanol–water partition coefficient (Wildman–Crippen LogP) is 1.38. The van der Waals surface area contributed by atoms with Crippen LogP contribution in [0.2, 0.25) is 0 Å². The summed E-state index contributed by atoms with van der Waals surface area (Å²) in [7, 11) is 0. The molecular weight excluding hydrogens is 240 g/mol. The smallest absolute Gasteiger partial charge is 0.224 e. The Hall–Kier alpha value is -1.68. The van der Waals surface area contributed by atoms with E-state index in [1.165, 1.54) is 0 Å². The highest BCUT2D eigenvalue weighted by Gasteiger charge is 2.39. The van der Waals surface area contributed by atoms with Crippen LogP contribution in [0.25, 0.3) is 0 Å². The van der Waals surface area contributed by atoms with Crippen molar-refractivity contribution in [2.24, 2.45) is 11.1 Å². The average Bonchev–Trinajstić information content (AvgIpc) is 2.73. The van der Waals surface area contributed by atoms with Gasteiger partial charge in [0.15, 0.2) is 5.78 Å². The van der Waals surface area contributed by atoms with Crippen LogP contribution < -0.4 is 5.73 Å². The van der Waals surface area contributed by atoms with Gasteiger partial charge in [-0.15, -0.1) is 0 Å². The maximum atomic E-state index is 12.2. The van der Waals surface area contributed by atoms with Gasteiger partial charge in [0.1, 0.15) is 0 Å².